The smallest absolute Gasteiger partial charge is 0.237 e. The molecule has 1 aliphatic heterocycles. The lowest BCUT2D eigenvalue weighted by molar-refractivity contribution is -0.122. The third kappa shape index (κ3) is 4.91. The van der Waals surface area contributed by atoms with Gasteiger partial charge in [0.05, 0.1) is 19.3 Å². The lowest BCUT2D eigenvalue weighted by atomic mass is 10.1. The summed E-state index contributed by atoms with van der Waals surface area (Å²) >= 11 is 0. The van der Waals surface area contributed by atoms with Crippen LogP contribution < -0.4 is 10.6 Å². The monoisotopic (exact) mass is 324 g/mol. The number of carbonyl (C=O) groups is 1. The van der Waals surface area contributed by atoms with E-state index in [0.29, 0.717) is 19.8 Å². The molecule has 1 atom stereocenters. The molecular formula is C20H24N2O2. The molecule has 4 nitrogen and oxygen atoms in total. The summed E-state index contributed by atoms with van der Waals surface area (Å²) in [6.45, 7) is 2.72. The summed E-state index contributed by atoms with van der Waals surface area (Å²) in [5, 5.41) is 6.20. The summed E-state index contributed by atoms with van der Waals surface area (Å²) in [4.78, 5) is 12.0. The zero-order valence-electron chi connectivity index (χ0n) is 13.8. The predicted octanol–water partition coefficient (Wildman–Crippen LogP) is 2.77. The van der Waals surface area contributed by atoms with Crippen molar-refractivity contribution < 1.29 is 9.53 Å². The van der Waals surface area contributed by atoms with E-state index in [1.807, 2.05) is 30.3 Å². The molecule has 1 aliphatic rings. The molecule has 126 valence electrons. The first-order chi connectivity index (χ1) is 11.8. The average molecular weight is 324 g/mol. The zero-order valence-corrected chi connectivity index (χ0v) is 13.8. The van der Waals surface area contributed by atoms with Crippen molar-refractivity contribution in [1.29, 1.82) is 0 Å². The lowest BCUT2D eigenvalue weighted by Crippen LogP contribution is -2.39. The van der Waals surface area contributed by atoms with Crippen molar-refractivity contribution in [3.8, 4) is 0 Å². The molecule has 0 aliphatic carbocycles. The highest BCUT2D eigenvalue weighted by atomic mass is 16.5. The van der Waals surface area contributed by atoms with Crippen molar-refractivity contribution in [3.63, 3.8) is 0 Å². The molecule has 0 saturated carbocycles. The van der Waals surface area contributed by atoms with E-state index >= 15 is 0 Å². The standard InChI is InChI=1S/C20H24N2O2/c23-20(19-7-4-12-21-19)22-13-16-8-10-18(11-9-16)15-24-14-17-5-2-1-3-6-17/h1-3,5-6,8-11,19,21H,4,7,12-15H2,(H,22,23). The first kappa shape index (κ1) is 16.7. The van der Waals surface area contributed by atoms with Gasteiger partial charge in [0.15, 0.2) is 0 Å². The van der Waals surface area contributed by atoms with Crippen LogP contribution in [0, 0.1) is 0 Å². The largest absolute Gasteiger partial charge is 0.372 e. The Balaban J connectivity index is 1.40. The van der Waals surface area contributed by atoms with Gasteiger partial charge in [-0.1, -0.05) is 54.6 Å². The highest BCUT2D eigenvalue weighted by Gasteiger charge is 2.21. The number of amides is 1. The van der Waals surface area contributed by atoms with Gasteiger partial charge >= 0.3 is 0 Å². The molecular weight excluding hydrogens is 300 g/mol. The van der Waals surface area contributed by atoms with E-state index in [2.05, 4.69) is 34.9 Å². The predicted molar refractivity (Wildman–Crippen MR) is 94.2 cm³/mol. The molecule has 2 aromatic carbocycles. The first-order valence-electron chi connectivity index (χ1n) is 8.52. The summed E-state index contributed by atoms with van der Waals surface area (Å²) in [6.07, 6.45) is 2.01. The van der Waals surface area contributed by atoms with Gasteiger partial charge in [-0.25, -0.2) is 0 Å². The van der Waals surface area contributed by atoms with Crippen LogP contribution in [0.15, 0.2) is 54.6 Å². The number of benzene rings is 2. The number of hydrogen-bond acceptors (Lipinski definition) is 3. The van der Waals surface area contributed by atoms with Crippen LogP contribution in [-0.4, -0.2) is 18.5 Å². The van der Waals surface area contributed by atoms with Crippen LogP contribution in [0.25, 0.3) is 0 Å². The highest BCUT2D eigenvalue weighted by molar-refractivity contribution is 5.81. The van der Waals surface area contributed by atoms with Crippen LogP contribution in [-0.2, 0) is 29.3 Å². The summed E-state index contributed by atoms with van der Waals surface area (Å²) in [5.74, 6) is 0.0998. The van der Waals surface area contributed by atoms with Crippen LogP contribution in [0.2, 0.25) is 0 Å². The fraction of sp³-hybridized carbons (Fsp3) is 0.350. The minimum absolute atomic E-state index is 0.0179. The SMILES string of the molecule is O=C(NCc1ccc(COCc2ccccc2)cc1)C1CCCN1. The molecule has 3 rings (SSSR count). The number of carbonyl (C=O) groups excluding carboxylic acids is 1. The normalized spacial score (nSPS) is 16.9. The average Bonchev–Trinajstić information content (AvgIpc) is 3.16. The Morgan fingerprint density at radius 2 is 1.67 bits per heavy atom. The van der Waals surface area contributed by atoms with Gasteiger partial charge in [-0.05, 0) is 36.1 Å². The Hall–Kier alpha value is -2.17. The van der Waals surface area contributed by atoms with E-state index in [1.165, 1.54) is 5.56 Å². The number of nitrogens with one attached hydrogen (secondary N) is 2. The minimum Gasteiger partial charge on any atom is -0.372 e. The molecule has 1 amide bonds. The molecule has 2 N–H and O–H groups in total. The molecule has 0 bridgehead atoms. The second kappa shape index (κ2) is 8.62. The fourth-order valence-corrected chi connectivity index (χ4v) is 2.84. The van der Waals surface area contributed by atoms with Crippen LogP contribution in [0.1, 0.15) is 29.5 Å². The van der Waals surface area contributed by atoms with Crippen molar-refractivity contribution in [1.82, 2.24) is 10.6 Å². The summed E-state index contributed by atoms with van der Waals surface area (Å²) in [6, 6.07) is 18.3. The van der Waals surface area contributed by atoms with E-state index in [9.17, 15) is 4.79 Å². The van der Waals surface area contributed by atoms with Gasteiger partial charge in [0.25, 0.3) is 0 Å². The Morgan fingerprint density at radius 1 is 1.00 bits per heavy atom. The summed E-state index contributed by atoms with van der Waals surface area (Å²) in [7, 11) is 0. The maximum absolute atomic E-state index is 12.0. The van der Waals surface area contributed by atoms with Crippen LogP contribution in [0.5, 0.6) is 0 Å². The molecule has 1 unspecified atom stereocenters. The van der Waals surface area contributed by atoms with Crippen LogP contribution in [0.4, 0.5) is 0 Å². The van der Waals surface area contributed by atoms with Gasteiger partial charge in [0, 0.05) is 6.54 Å². The summed E-state index contributed by atoms with van der Waals surface area (Å²) in [5.41, 5.74) is 3.42. The first-order valence-corrected chi connectivity index (χ1v) is 8.52. The van der Waals surface area contributed by atoms with Crippen molar-refractivity contribution in [2.24, 2.45) is 0 Å². The maximum atomic E-state index is 12.0. The van der Waals surface area contributed by atoms with Gasteiger partial charge < -0.3 is 15.4 Å². The van der Waals surface area contributed by atoms with Crippen molar-refractivity contribution in [3.05, 3.63) is 71.3 Å². The maximum Gasteiger partial charge on any atom is 0.237 e. The quantitative estimate of drug-likeness (QED) is 0.823. The molecule has 0 spiro atoms. The molecule has 1 fully saturated rings. The van der Waals surface area contributed by atoms with Gasteiger partial charge in [0.1, 0.15) is 0 Å². The van der Waals surface area contributed by atoms with Crippen LogP contribution >= 0.6 is 0 Å². The van der Waals surface area contributed by atoms with Crippen molar-refractivity contribution in [2.75, 3.05) is 6.54 Å². The third-order valence-corrected chi connectivity index (χ3v) is 4.25. The van der Waals surface area contributed by atoms with Crippen molar-refractivity contribution in [2.45, 2.75) is 38.6 Å². The van der Waals surface area contributed by atoms with E-state index in [-0.39, 0.29) is 11.9 Å². The van der Waals surface area contributed by atoms with Crippen LogP contribution in [0.3, 0.4) is 0 Å². The molecule has 0 aromatic heterocycles. The third-order valence-electron chi connectivity index (χ3n) is 4.25. The fourth-order valence-electron chi connectivity index (χ4n) is 2.84. The molecule has 1 saturated heterocycles. The van der Waals surface area contributed by atoms with Crippen molar-refractivity contribution >= 4 is 5.91 Å². The van der Waals surface area contributed by atoms with E-state index < -0.39 is 0 Å². The number of rotatable bonds is 7. The van der Waals surface area contributed by atoms with E-state index in [1.54, 1.807) is 0 Å². The number of ether oxygens (including phenoxy) is 1. The Morgan fingerprint density at radius 3 is 2.33 bits per heavy atom. The molecule has 24 heavy (non-hydrogen) atoms. The van der Waals surface area contributed by atoms with Gasteiger partial charge in [-0.15, -0.1) is 0 Å². The molecule has 1 heterocycles. The number of hydrogen-bond donors (Lipinski definition) is 2. The second-order valence-electron chi connectivity index (χ2n) is 6.16. The Labute approximate surface area is 143 Å². The Kier molecular flexibility index (Phi) is 5.99. The molecule has 0 radical (unpaired) electrons. The van der Waals surface area contributed by atoms with E-state index in [4.69, 9.17) is 4.74 Å². The van der Waals surface area contributed by atoms with Gasteiger partial charge in [0.2, 0.25) is 5.91 Å². The highest BCUT2D eigenvalue weighted by Crippen LogP contribution is 2.09. The minimum atomic E-state index is -0.0179. The molecule has 2 aromatic rings. The van der Waals surface area contributed by atoms with E-state index in [0.717, 1.165) is 30.5 Å². The zero-order chi connectivity index (χ0) is 16.6. The Bertz CT molecular complexity index is 634. The van der Waals surface area contributed by atoms with Gasteiger partial charge in [-0.2, -0.15) is 0 Å². The second-order valence-corrected chi connectivity index (χ2v) is 6.16. The lowest BCUT2D eigenvalue weighted by Gasteiger charge is -2.11. The topological polar surface area (TPSA) is 50.4 Å². The summed E-state index contributed by atoms with van der Waals surface area (Å²) < 4.78 is 5.73. The molecule has 4 heteroatoms. The van der Waals surface area contributed by atoms with Gasteiger partial charge in [-0.3, -0.25) is 4.79 Å².